The highest BCUT2D eigenvalue weighted by molar-refractivity contribution is 6.35. The maximum Gasteiger partial charge on any atom is 0.410 e. The van der Waals surface area contributed by atoms with E-state index in [1.807, 2.05) is 71.0 Å². The van der Waals surface area contributed by atoms with Crippen molar-refractivity contribution in [3.05, 3.63) is 112 Å². The second-order valence-corrected chi connectivity index (χ2v) is 14.5. The van der Waals surface area contributed by atoms with Gasteiger partial charge in [0.1, 0.15) is 17.7 Å². The largest absolute Gasteiger partial charge is 0.449 e. The first-order chi connectivity index (χ1) is 25.8. The lowest BCUT2D eigenvalue weighted by Gasteiger charge is -2.40. The number of ether oxygens (including phenoxy) is 1. The lowest BCUT2D eigenvalue weighted by atomic mass is 9.99. The maximum absolute atomic E-state index is 14.6. The van der Waals surface area contributed by atoms with Crippen LogP contribution >= 0.6 is 34.8 Å². The summed E-state index contributed by atoms with van der Waals surface area (Å²) in [7, 11) is 0. The van der Waals surface area contributed by atoms with Gasteiger partial charge in [-0.1, -0.05) is 77.3 Å². The molecule has 2 saturated heterocycles. The number of nitrogens with zero attached hydrogens (tertiary/aromatic N) is 6. The summed E-state index contributed by atoms with van der Waals surface area (Å²) in [6.45, 7) is 4.50. The zero-order valence-electron chi connectivity index (χ0n) is 28.7. The fourth-order valence-corrected chi connectivity index (χ4v) is 8.16. The van der Waals surface area contributed by atoms with E-state index in [1.165, 1.54) is 6.33 Å². The van der Waals surface area contributed by atoms with Gasteiger partial charge in [0, 0.05) is 62.8 Å². The number of carbonyl (C=O) groups excluding carboxylic acids is 2. The average molecular weight is 770 g/mol. The molecule has 1 unspecified atom stereocenters. The Hall–Kier alpha value is -5.10. The first kappa shape index (κ1) is 35.0. The van der Waals surface area contributed by atoms with Crippen LogP contribution in [-0.2, 0) is 4.74 Å². The van der Waals surface area contributed by atoms with E-state index in [0.29, 0.717) is 75.3 Å². The highest BCUT2D eigenvalue weighted by Crippen LogP contribution is 2.42. The number of aromatic nitrogens is 5. The summed E-state index contributed by atoms with van der Waals surface area (Å²) in [6, 6.07) is 20.6. The quantitative estimate of drug-likeness (QED) is 0.158. The van der Waals surface area contributed by atoms with Crippen LogP contribution in [0.3, 0.4) is 0 Å². The van der Waals surface area contributed by atoms with Crippen LogP contribution in [0.15, 0.2) is 85.6 Å². The summed E-state index contributed by atoms with van der Waals surface area (Å²) in [5.41, 5.74) is 5.25. The van der Waals surface area contributed by atoms with Gasteiger partial charge >= 0.3 is 6.09 Å². The molecule has 3 aromatic carbocycles. The number of hydrogen-bond acceptors (Lipinski definition) is 7. The van der Waals surface area contributed by atoms with Gasteiger partial charge in [-0.3, -0.25) is 4.79 Å². The number of hydrogen-bond donors (Lipinski definition) is 2. The Kier molecular flexibility index (Phi) is 9.72. The van der Waals surface area contributed by atoms with E-state index in [-0.39, 0.29) is 18.2 Å². The SMILES string of the molecule is CC(c1ccc(Cl)cc1Cl)n1cnc(-c2ccccc2)c1-c1c(C(=O)Nc2cncnc2N2CCC(N3CCCOC3=O)CC2)[nH]c2cc(Cl)ccc12. The molecule has 14 heteroatoms. The minimum Gasteiger partial charge on any atom is -0.449 e. The Morgan fingerprint density at radius 2 is 1.75 bits per heavy atom. The summed E-state index contributed by atoms with van der Waals surface area (Å²) in [5.74, 6) is 0.216. The van der Waals surface area contributed by atoms with Crippen LogP contribution in [0.25, 0.3) is 33.4 Å². The standard InChI is InChI=1S/C39H35Cl3N8O3/c1-23(28-10-8-25(40)18-30(28)42)50-22-45-34(24-6-3-2-4-7-24)36(50)33-29-11-9-26(41)19-31(29)46-35(33)38(51)47-32-20-43-21-44-37(32)48-15-12-27(13-16-48)49-14-5-17-53-39(49)52/h2-4,6-11,18-23,27,46H,5,12-17H2,1H3,(H,47,51). The predicted molar refractivity (Wildman–Crippen MR) is 208 cm³/mol. The smallest absolute Gasteiger partial charge is 0.410 e. The maximum atomic E-state index is 14.6. The number of aromatic amines is 1. The van der Waals surface area contributed by atoms with E-state index in [4.69, 9.17) is 44.5 Å². The second kappa shape index (κ2) is 14.7. The lowest BCUT2D eigenvalue weighted by molar-refractivity contribution is 0.0499. The molecule has 53 heavy (non-hydrogen) atoms. The fourth-order valence-electron chi connectivity index (χ4n) is 7.42. The molecule has 5 heterocycles. The Labute approximate surface area is 320 Å². The molecular formula is C39H35Cl3N8O3. The minimum absolute atomic E-state index is 0.0912. The van der Waals surface area contributed by atoms with Crippen molar-refractivity contribution < 1.29 is 14.3 Å². The van der Waals surface area contributed by atoms with Crippen LogP contribution in [0.2, 0.25) is 15.1 Å². The normalized spacial score (nSPS) is 15.8. The van der Waals surface area contributed by atoms with Crippen LogP contribution in [0.5, 0.6) is 0 Å². The molecule has 3 aromatic heterocycles. The molecule has 11 nitrogen and oxygen atoms in total. The number of imidazole rings is 1. The average Bonchev–Trinajstić information content (AvgIpc) is 3.77. The van der Waals surface area contributed by atoms with E-state index in [9.17, 15) is 9.59 Å². The first-order valence-electron chi connectivity index (χ1n) is 17.5. The monoisotopic (exact) mass is 768 g/mol. The van der Waals surface area contributed by atoms with Crippen LogP contribution in [0.1, 0.15) is 48.3 Å². The van der Waals surface area contributed by atoms with E-state index in [2.05, 4.69) is 25.2 Å². The summed E-state index contributed by atoms with van der Waals surface area (Å²) >= 11 is 19.5. The molecule has 0 aliphatic carbocycles. The van der Waals surface area contributed by atoms with Crippen molar-refractivity contribution in [3.63, 3.8) is 0 Å². The number of H-pyrrole nitrogens is 1. The molecule has 0 saturated carbocycles. The zero-order chi connectivity index (χ0) is 36.6. The van der Waals surface area contributed by atoms with Gasteiger partial charge in [0.05, 0.1) is 36.6 Å². The predicted octanol–water partition coefficient (Wildman–Crippen LogP) is 9.12. The van der Waals surface area contributed by atoms with Crippen molar-refractivity contribution in [2.75, 3.05) is 36.5 Å². The van der Waals surface area contributed by atoms with Crippen LogP contribution in [-0.4, -0.2) is 73.7 Å². The molecule has 2 amide bonds. The number of amides is 2. The van der Waals surface area contributed by atoms with Crippen molar-refractivity contribution in [2.45, 2.75) is 38.3 Å². The molecule has 2 N–H and O–H groups in total. The summed E-state index contributed by atoms with van der Waals surface area (Å²) in [5, 5.41) is 5.49. The third-order valence-electron chi connectivity index (χ3n) is 10.0. The fraction of sp³-hybridized carbons (Fsp3) is 0.256. The van der Waals surface area contributed by atoms with Gasteiger partial charge < -0.3 is 29.4 Å². The van der Waals surface area contributed by atoms with E-state index < -0.39 is 5.91 Å². The Bertz CT molecular complexity index is 2320. The molecule has 270 valence electrons. The third-order valence-corrected chi connectivity index (χ3v) is 10.8. The number of benzene rings is 3. The van der Waals surface area contributed by atoms with Crippen molar-refractivity contribution in [2.24, 2.45) is 0 Å². The molecule has 2 aliphatic rings. The highest BCUT2D eigenvalue weighted by Gasteiger charge is 2.33. The van der Waals surface area contributed by atoms with Gasteiger partial charge in [0.15, 0.2) is 5.82 Å². The number of anilines is 2. The van der Waals surface area contributed by atoms with Crippen LogP contribution < -0.4 is 10.2 Å². The minimum atomic E-state index is -0.390. The second-order valence-electron chi connectivity index (χ2n) is 13.2. The molecule has 6 aromatic rings. The van der Waals surface area contributed by atoms with Crippen molar-refractivity contribution >= 4 is 69.2 Å². The Balaban J connectivity index is 1.19. The van der Waals surface area contributed by atoms with Gasteiger partial charge in [-0.05, 0) is 56.0 Å². The van der Waals surface area contributed by atoms with E-state index >= 15 is 0 Å². The highest BCUT2D eigenvalue weighted by atomic mass is 35.5. The molecule has 2 fully saturated rings. The number of cyclic esters (lactones) is 1. The molecular weight excluding hydrogens is 735 g/mol. The number of rotatable bonds is 8. The molecule has 2 aliphatic heterocycles. The zero-order valence-corrected chi connectivity index (χ0v) is 31.0. The Morgan fingerprint density at radius 3 is 2.53 bits per heavy atom. The Morgan fingerprint density at radius 1 is 0.981 bits per heavy atom. The van der Waals surface area contributed by atoms with Crippen molar-refractivity contribution in [1.29, 1.82) is 0 Å². The summed E-state index contributed by atoms with van der Waals surface area (Å²) in [4.78, 5) is 48.2. The third kappa shape index (κ3) is 6.80. The summed E-state index contributed by atoms with van der Waals surface area (Å²) in [6.07, 6.45) is 6.95. The van der Waals surface area contributed by atoms with Crippen molar-refractivity contribution in [1.82, 2.24) is 29.4 Å². The first-order valence-corrected chi connectivity index (χ1v) is 18.6. The van der Waals surface area contributed by atoms with E-state index in [1.54, 1.807) is 24.7 Å². The van der Waals surface area contributed by atoms with Crippen LogP contribution in [0, 0.1) is 0 Å². The van der Waals surface area contributed by atoms with Crippen molar-refractivity contribution in [3.8, 4) is 22.5 Å². The number of piperidine rings is 1. The van der Waals surface area contributed by atoms with Gasteiger partial charge in [-0.2, -0.15) is 0 Å². The topological polar surface area (TPSA) is 121 Å². The number of halogens is 3. The van der Waals surface area contributed by atoms with Gasteiger partial charge in [0.25, 0.3) is 5.91 Å². The van der Waals surface area contributed by atoms with Gasteiger partial charge in [0.2, 0.25) is 0 Å². The molecule has 0 radical (unpaired) electrons. The lowest BCUT2D eigenvalue weighted by Crippen LogP contribution is -2.50. The molecule has 0 spiro atoms. The summed E-state index contributed by atoms with van der Waals surface area (Å²) < 4.78 is 7.32. The van der Waals surface area contributed by atoms with Gasteiger partial charge in [-0.15, -0.1) is 0 Å². The van der Waals surface area contributed by atoms with Gasteiger partial charge in [-0.25, -0.2) is 19.7 Å². The molecule has 0 bridgehead atoms. The number of nitrogens with one attached hydrogen (secondary N) is 2. The molecule has 8 rings (SSSR count). The van der Waals surface area contributed by atoms with E-state index in [0.717, 1.165) is 41.5 Å². The number of fused-ring (bicyclic) bond motifs is 1. The number of carbonyl (C=O) groups is 2. The molecule has 1 atom stereocenters. The van der Waals surface area contributed by atoms with Crippen LogP contribution in [0.4, 0.5) is 16.3 Å².